The van der Waals surface area contributed by atoms with Crippen LogP contribution in [0.5, 0.6) is 0 Å². The number of hydrogen-bond acceptors (Lipinski definition) is 2. The normalized spacial score (nSPS) is 35.9. The first-order chi connectivity index (χ1) is 4.13. The highest BCUT2D eigenvalue weighted by atomic mass is 32.1. The SMILES string of the molecule is CC1CN(C)C(=O)C1S. The summed E-state index contributed by atoms with van der Waals surface area (Å²) in [5, 5.41) is -0.0602. The highest BCUT2D eigenvalue weighted by Crippen LogP contribution is 2.20. The summed E-state index contributed by atoms with van der Waals surface area (Å²) in [5.41, 5.74) is 0. The molecule has 1 rings (SSSR count). The summed E-state index contributed by atoms with van der Waals surface area (Å²) in [7, 11) is 1.81. The minimum atomic E-state index is -0.0602. The predicted octanol–water partition coefficient (Wildman–Crippen LogP) is 0.393. The van der Waals surface area contributed by atoms with Crippen molar-refractivity contribution >= 4 is 18.5 Å². The van der Waals surface area contributed by atoms with Crippen LogP contribution < -0.4 is 0 Å². The topological polar surface area (TPSA) is 20.3 Å². The van der Waals surface area contributed by atoms with Crippen LogP contribution in [0.3, 0.4) is 0 Å². The molecule has 2 nitrogen and oxygen atoms in total. The summed E-state index contributed by atoms with van der Waals surface area (Å²) in [5.74, 6) is 0.566. The van der Waals surface area contributed by atoms with Crippen molar-refractivity contribution in [3.63, 3.8) is 0 Å². The van der Waals surface area contributed by atoms with Crippen molar-refractivity contribution in [3.8, 4) is 0 Å². The molecule has 2 atom stereocenters. The lowest BCUT2D eigenvalue weighted by molar-refractivity contribution is -0.126. The second-order valence-electron chi connectivity index (χ2n) is 2.64. The van der Waals surface area contributed by atoms with Gasteiger partial charge in [-0.1, -0.05) is 6.92 Å². The fourth-order valence-corrected chi connectivity index (χ4v) is 1.38. The van der Waals surface area contributed by atoms with E-state index in [1.165, 1.54) is 0 Å². The molecule has 0 spiro atoms. The zero-order valence-electron chi connectivity index (χ0n) is 5.66. The van der Waals surface area contributed by atoms with Gasteiger partial charge in [0.15, 0.2) is 0 Å². The number of rotatable bonds is 0. The lowest BCUT2D eigenvalue weighted by atomic mass is 10.1. The van der Waals surface area contributed by atoms with Gasteiger partial charge in [-0.15, -0.1) is 0 Å². The largest absolute Gasteiger partial charge is 0.344 e. The standard InChI is InChI=1S/C6H11NOS/c1-4-3-7(2)6(8)5(4)9/h4-5,9H,3H2,1-2H3. The number of hydrogen-bond donors (Lipinski definition) is 1. The third-order valence-electron chi connectivity index (χ3n) is 1.73. The maximum atomic E-state index is 11.0. The molecule has 9 heavy (non-hydrogen) atoms. The van der Waals surface area contributed by atoms with Crippen LogP contribution in [0.4, 0.5) is 0 Å². The Kier molecular flexibility index (Phi) is 1.70. The van der Waals surface area contributed by atoms with E-state index < -0.39 is 0 Å². The van der Waals surface area contributed by atoms with Crippen LogP contribution in [0.1, 0.15) is 6.92 Å². The zero-order valence-corrected chi connectivity index (χ0v) is 6.56. The molecule has 1 fully saturated rings. The van der Waals surface area contributed by atoms with Crippen LogP contribution in [-0.2, 0) is 4.79 Å². The van der Waals surface area contributed by atoms with Crippen LogP contribution in [0, 0.1) is 5.92 Å². The third kappa shape index (κ3) is 1.06. The quantitative estimate of drug-likeness (QED) is 0.489. The lowest BCUT2D eigenvalue weighted by Crippen LogP contribution is -2.22. The van der Waals surface area contributed by atoms with E-state index in [1.807, 2.05) is 14.0 Å². The van der Waals surface area contributed by atoms with Crippen LogP contribution in [0.15, 0.2) is 0 Å². The molecule has 0 radical (unpaired) electrons. The average molecular weight is 145 g/mol. The number of amides is 1. The summed E-state index contributed by atoms with van der Waals surface area (Å²) in [6.45, 7) is 2.89. The van der Waals surface area contributed by atoms with E-state index >= 15 is 0 Å². The summed E-state index contributed by atoms with van der Waals surface area (Å²) < 4.78 is 0. The van der Waals surface area contributed by atoms with Crippen molar-refractivity contribution in [2.45, 2.75) is 12.2 Å². The highest BCUT2D eigenvalue weighted by Gasteiger charge is 2.32. The van der Waals surface area contributed by atoms with Gasteiger partial charge in [-0.05, 0) is 5.92 Å². The van der Waals surface area contributed by atoms with Gasteiger partial charge in [0.1, 0.15) is 0 Å². The first-order valence-corrected chi connectivity index (χ1v) is 3.57. The third-order valence-corrected chi connectivity index (χ3v) is 2.46. The first kappa shape index (κ1) is 6.93. The second kappa shape index (κ2) is 2.21. The number of carbonyl (C=O) groups is 1. The van der Waals surface area contributed by atoms with Gasteiger partial charge in [0.25, 0.3) is 0 Å². The molecule has 0 aliphatic carbocycles. The Morgan fingerprint density at radius 2 is 2.33 bits per heavy atom. The number of carbonyl (C=O) groups excluding carboxylic acids is 1. The average Bonchev–Trinajstić information content (AvgIpc) is 1.98. The lowest BCUT2D eigenvalue weighted by Gasteiger charge is -2.05. The summed E-state index contributed by atoms with van der Waals surface area (Å²) in [6.07, 6.45) is 0. The monoisotopic (exact) mass is 145 g/mol. The van der Waals surface area contributed by atoms with Crippen molar-refractivity contribution in [3.05, 3.63) is 0 Å². The van der Waals surface area contributed by atoms with E-state index in [0.29, 0.717) is 5.92 Å². The van der Waals surface area contributed by atoms with E-state index in [-0.39, 0.29) is 11.2 Å². The molecule has 1 amide bonds. The number of nitrogens with zero attached hydrogens (tertiary/aromatic N) is 1. The molecule has 1 saturated heterocycles. The number of thiol groups is 1. The van der Waals surface area contributed by atoms with Crippen LogP contribution >= 0.6 is 12.6 Å². The van der Waals surface area contributed by atoms with Gasteiger partial charge < -0.3 is 4.90 Å². The molecule has 0 saturated carbocycles. The van der Waals surface area contributed by atoms with E-state index in [2.05, 4.69) is 12.6 Å². The molecule has 0 N–H and O–H groups in total. The van der Waals surface area contributed by atoms with E-state index in [1.54, 1.807) is 4.90 Å². The Hall–Kier alpha value is -0.180. The molecule has 2 unspecified atom stereocenters. The molecule has 0 aromatic rings. The molecule has 0 aromatic heterocycles. The molecule has 0 aromatic carbocycles. The highest BCUT2D eigenvalue weighted by molar-refractivity contribution is 7.81. The minimum absolute atomic E-state index is 0.0602. The van der Waals surface area contributed by atoms with Gasteiger partial charge in [0, 0.05) is 13.6 Å². The predicted molar refractivity (Wildman–Crippen MR) is 39.6 cm³/mol. The van der Waals surface area contributed by atoms with Gasteiger partial charge in [0.2, 0.25) is 5.91 Å². The fourth-order valence-electron chi connectivity index (χ4n) is 1.09. The Morgan fingerprint density at radius 3 is 2.44 bits per heavy atom. The Balaban J connectivity index is 2.65. The van der Waals surface area contributed by atoms with E-state index in [0.717, 1.165) is 6.54 Å². The van der Waals surface area contributed by atoms with E-state index in [9.17, 15) is 4.79 Å². The Labute approximate surface area is 60.6 Å². The van der Waals surface area contributed by atoms with Crippen LogP contribution in [-0.4, -0.2) is 29.6 Å². The van der Waals surface area contributed by atoms with Crippen molar-refractivity contribution in [2.24, 2.45) is 5.92 Å². The van der Waals surface area contributed by atoms with Crippen LogP contribution in [0.25, 0.3) is 0 Å². The molecule has 1 aliphatic rings. The second-order valence-corrected chi connectivity index (χ2v) is 3.20. The van der Waals surface area contributed by atoms with Gasteiger partial charge in [-0.3, -0.25) is 4.79 Å². The molecule has 1 aliphatic heterocycles. The van der Waals surface area contributed by atoms with Gasteiger partial charge in [-0.2, -0.15) is 12.6 Å². The molecule has 3 heteroatoms. The smallest absolute Gasteiger partial charge is 0.235 e. The van der Waals surface area contributed by atoms with Gasteiger partial charge >= 0.3 is 0 Å². The minimum Gasteiger partial charge on any atom is -0.344 e. The van der Waals surface area contributed by atoms with Crippen molar-refractivity contribution < 1.29 is 4.79 Å². The van der Waals surface area contributed by atoms with Crippen molar-refractivity contribution in [2.75, 3.05) is 13.6 Å². The van der Waals surface area contributed by atoms with Crippen LogP contribution in [0.2, 0.25) is 0 Å². The summed E-state index contributed by atoms with van der Waals surface area (Å²) >= 11 is 4.15. The molecular weight excluding hydrogens is 134 g/mol. The summed E-state index contributed by atoms with van der Waals surface area (Å²) in [6, 6.07) is 0. The molecule has 1 heterocycles. The van der Waals surface area contributed by atoms with Gasteiger partial charge in [0.05, 0.1) is 5.25 Å². The van der Waals surface area contributed by atoms with Gasteiger partial charge in [-0.25, -0.2) is 0 Å². The maximum absolute atomic E-state index is 11.0. The maximum Gasteiger partial charge on any atom is 0.235 e. The number of likely N-dealkylation sites (tertiary alicyclic amines) is 1. The van der Waals surface area contributed by atoms with Crippen molar-refractivity contribution in [1.82, 2.24) is 4.90 Å². The van der Waals surface area contributed by atoms with Crippen molar-refractivity contribution in [1.29, 1.82) is 0 Å². The molecule has 0 bridgehead atoms. The molecular formula is C6H11NOS. The Bertz CT molecular complexity index is 137. The molecule has 52 valence electrons. The van der Waals surface area contributed by atoms with E-state index in [4.69, 9.17) is 0 Å². The fraction of sp³-hybridized carbons (Fsp3) is 0.833. The first-order valence-electron chi connectivity index (χ1n) is 3.06. The Morgan fingerprint density at radius 1 is 1.78 bits per heavy atom. The summed E-state index contributed by atoms with van der Waals surface area (Å²) in [4.78, 5) is 12.7. The zero-order chi connectivity index (χ0) is 7.02.